The zero-order valence-corrected chi connectivity index (χ0v) is 25.9. The van der Waals surface area contributed by atoms with Crippen molar-refractivity contribution in [2.75, 3.05) is 0 Å². The molecule has 0 spiro atoms. The quantitative estimate of drug-likeness (QED) is 0.185. The maximum absolute atomic E-state index is 6.20. The van der Waals surface area contributed by atoms with Crippen LogP contribution in [-0.4, -0.2) is 4.57 Å². The third-order valence-electron chi connectivity index (χ3n) is 9.82. The number of hydrogen-bond acceptors (Lipinski definition) is 1. The van der Waals surface area contributed by atoms with Gasteiger partial charge in [-0.3, -0.25) is 0 Å². The van der Waals surface area contributed by atoms with E-state index < -0.39 is 0 Å². The summed E-state index contributed by atoms with van der Waals surface area (Å²) in [5.74, 6) is 0. The molecule has 0 aliphatic carbocycles. The van der Waals surface area contributed by atoms with Crippen molar-refractivity contribution < 1.29 is 4.42 Å². The topological polar surface area (TPSA) is 18.1 Å². The number of para-hydroxylation sites is 2. The molecular formula is C45H29NO. The first-order valence-corrected chi connectivity index (χ1v) is 16.2. The fourth-order valence-electron chi connectivity index (χ4n) is 7.77. The van der Waals surface area contributed by atoms with Crippen LogP contribution < -0.4 is 0 Å². The van der Waals surface area contributed by atoms with Crippen molar-refractivity contribution in [3.05, 3.63) is 163 Å². The summed E-state index contributed by atoms with van der Waals surface area (Å²) in [5, 5.41) is 9.80. The average molecular weight is 600 g/mol. The predicted molar refractivity (Wildman–Crippen MR) is 199 cm³/mol. The molecule has 2 heteroatoms. The van der Waals surface area contributed by atoms with E-state index >= 15 is 0 Å². The van der Waals surface area contributed by atoms with Crippen molar-refractivity contribution >= 4 is 65.3 Å². The van der Waals surface area contributed by atoms with E-state index in [1.807, 2.05) is 12.1 Å². The molecule has 10 aromatic rings. The highest BCUT2D eigenvalue weighted by Crippen LogP contribution is 2.46. The van der Waals surface area contributed by atoms with Gasteiger partial charge in [0.05, 0.1) is 11.0 Å². The van der Waals surface area contributed by atoms with Crippen LogP contribution in [0.4, 0.5) is 0 Å². The highest BCUT2D eigenvalue weighted by Gasteiger charge is 2.19. The first-order valence-electron chi connectivity index (χ1n) is 16.2. The Morgan fingerprint density at radius 2 is 0.894 bits per heavy atom. The van der Waals surface area contributed by atoms with Gasteiger partial charge in [0.1, 0.15) is 11.2 Å². The second kappa shape index (κ2) is 9.94. The van der Waals surface area contributed by atoms with Gasteiger partial charge in [-0.15, -0.1) is 0 Å². The summed E-state index contributed by atoms with van der Waals surface area (Å²) in [6.07, 6.45) is 0. The molecule has 0 fully saturated rings. The zero-order chi connectivity index (χ0) is 31.1. The van der Waals surface area contributed by atoms with Crippen LogP contribution in [-0.2, 0) is 0 Å². The van der Waals surface area contributed by atoms with Gasteiger partial charge in [-0.25, -0.2) is 0 Å². The Balaban J connectivity index is 1.29. The smallest absolute Gasteiger partial charge is 0.135 e. The van der Waals surface area contributed by atoms with Crippen LogP contribution in [0.25, 0.3) is 93.2 Å². The lowest BCUT2D eigenvalue weighted by molar-refractivity contribution is 0.669. The summed E-state index contributed by atoms with van der Waals surface area (Å²) in [6, 6.07) is 57.3. The molecule has 0 saturated heterocycles. The van der Waals surface area contributed by atoms with Crippen LogP contribution >= 0.6 is 0 Å². The van der Waals surface area contributed by atoms with Gasteiger partial charge in [-0.2, -0.15) is 0 Å². The molecule has 220 valence electrons. The van der Waals surface area contributed by atoms with Crippen molar-refractivity contribution in [1.82, 2.24) is 4.57 Å². The SMILES string of the molecule is Cc1ccc2c3ccc(-c4c5ccccc5c(-c5ccc6oc7ccccc7c6c5)c5ccccc45)cc3n(-c3ccccc3)c2c1. The van der Waals surface area contributed by atoms with E-state index in [1.54, 1.807) is 0 Å². The maximum atomic E-state index is 6.20. The zero-order valence-electron chi connectivity index (χ0n) is 25.9. The number of hydrogen-bond donors (Lipinski definition) is 0. The van der Waals surface area contributed by atoms with E-state index in [2.05, 4.69) is 157 Å². The summed E-state index contributed by atoms with van der Waals surface area (Å²) in [5.41, 5.74) is 11.6. The summed E-state index contributed by atoms with van der Waals surface area (Å²) in [7, 11) is 0. The molecule has 10 rings (SSSR count). The van der Waals surface area contributed by atoms with Gasteiger partial charge >= 0.3 is 0 Å². The molecule has 0 bridgehead atoms. The van der Waals surface area contributed by atoms with Gasteiger partial charge in [0.25, 0.3) is 0 Å². The molecule has 0 radical (unpaired) electrons. The molecule has 0 atom stereocenters. The summed E-state index contributed by atoms with van der Waals surface area (Å²) in [4.78, 5) is 0. The number of fused-ring (bicyclic) bond motifs is 8. The molecule has 2 heterocycles. The second-order valence-electron chi connectivity index (χ2n) is 12.6. The van der Waals surface area contributed by atoms with Crippen molar-refractivity contribution in [2.45, 2.75) is 6.92 Å². The lowest BCUT2D eigenvalue weighted by atomic mass is 9.85. The molecule has 0 aliphatic rings. The molecule has 0 N–H and O–H groups in total. The van der Waals surface area contributed by atoms with Gasteiger partial charge in [0, 0.05) is 27.2 Å². The number of aryl methyl sites for hydroxylation is 1. The predicted octanol–water partition coefficient (Wildman–Crippen LogP) is 12.6. The Bertz CT molecular complexity index is 2790. The normalized spacial score (nSPS) is 11.9. The van der Waals surface area contributed by atoms with Crippen molar-refractivity contribution in [3.8, 4) is 27.9 Å². The minimum absolute atomic E-state index is 0.914. The van der Waals surface area contributed by atoms with Crippen LogP contribution in [0.15, 0.2) is 162 Å². The van der Waals surface area contributed by atoms with E-state index in [1.165, 1.54) is 76.9 Å². The van der Waals surface area contributed by atoms with Crippen LogP contribution in [0.1, 0.15) is 5.56 Å². The number of nitrogens with zero attached hydrogens (tertiary/aromatic N) is 1. The molecule has 8 aromatic carbocycles. The summed E-state index contributed by atoms with van der Waals surface area (Å²) in [6.45, 7) is 2.17. The Kier molecular flexibility index (Phi) is 5.53. The van der Waals surface area contributed by atoms with Gasteiger partial charge in [-0.1, -0.05) is 115 Å². The Morgan fingerprint density at radius 3 is 1.57 bits per heavy atom. The lowest BCUT2D eigenvalue weighted by Crippen LogP contribution is -1.94. The monoisotopic (exact) mass is 599 g/mol. The van der Waals surface area contributed by atoms with Crippen LogP contribution in [0.3, 0.4) is 0 Å². The molecule has 47 heavy (non-hydrogen) atoms. The molecule has 0 saturated carbocycles. The van der Waals surface area contributed by atoms with Gasteiger partial charge in [-0.05, 0) is 98.8 Å². The van der Waals surface area contributed by atoms with E-state index in [-0.39, 0.29) is 0 Å². The lowest BCUT2D eigenvalue weighted by Gasteiger charge is -2.18. The molecule has 2 aromatic heterocycles. The number of furan rings is 1. The molecular weight excluding hydrogens is 571 g/mol. The fraction of sp³-hybridized carbons (Fsp3) is 0.0222. The van der Waals surface area contributed by atoms with Gasteiger partial charge in [0.15, 0.2) is 0 Å². The number of benzene rings is 8. The molecule has 0 aliphatic heterocycles. The van der Waals surface area contributed by atoms with Crippen LogP contribution in [0.2, 0.25) is 0 Å². The van der Waals surface area contributed by atoms with Gasteiger partial charge in [0.2, 0.25) is 0 Å². The summed E-state index contributed by atoms with van der Waals surface area (Å²) < 4.78 is 8.62. The highest BCUT2D eigenvalue weighted by molar-refractivity contribution is 6.23. The van der Waals surface area contributed by atoms with Crippen molar-refractivity contribution in [1.29, 1.82) is 0 Å². The van der Waals surface area contributed by atoms with E-state index in [0.717, 1.165) is 21.9 Å². The third kappa shape index (κ3) is 3.85. The van der Waals surface area contributed by atoms with E-state index in [9.17, 15) is 0 Å². The van der Waals surface area contributed by atoms with Crippen molar-refractivity contribution in [2.24, 2.45) is 0 Å². The second-order valence-corrected chi connectivity index (χ2v) is 12.6. The average Bonchev–Trinajstić information content (AvgIpc) is 3.65. The Morgan fingerprint density at radius 1 is 0.383 bits per heavy atom. The molecule has 0 amide bonds. The Hall–Kier alpha value is -6.12. The standard InChI is InChI=1S/C45H29NO/c1-28-19-22-32-33-23-20-30(27-41(33)46(40(32)25-28)31-11-3-2-4-12-31)45-37-16-7-5-14-35(37)44(36-15-6-8-17-38(36)45)29-21-24-43-39(26-29)34-13-9-10-18-42(34)47-43/h2-27H,1H3. The summed E-state index contributed by atoms with van der Waals surface area (Å²) >= 11 is 0. The third-order valence-corrected chi connectivity index (χ3v) is 9.82. The molecule has 2 nitrogen and oxygen atoms in total. The number of rotatable bonds is 3. The first-order chi connectivity index (χ1) is 23.2. The minimum Gasteiger partial charge on any atom is -0.456 e. The largest absolute Gasteiger partial charge is 0.456 e. The molecule has 0 unspecified atom stereocenters. The minimum atomic E-state index is 0.914. The van der Waals surface area contributed by atoms with Crippen molar-refractivity contribution in [3.63, 3.8) is 0 Å². The van der Waals surface area contributed by atoms with Crippen LogP contribution in [0.5, 0.6) is 0 Å². The fourth-order valence-corrected chi connectivity index (χ4v) is 7.77. The van der Waals surface area contributed by atoms with Gasteiger partial charge < -0.3 is 8.98 Å². The maximum Gasteiger partial charge on any atom is 0.135 e. The van der Waals surface area contributed by atoms with Crippen LogP contribution in [0, 0.1) is 6.92 Å². The van der Waals surface area contributed by atoms with E-state index in [4.69, 9.17) is 4.42 Å². The Labute approximate surface area is 271 Å². The van der Waals surface area contributed by atoms with E-state index in [0.29, 0.717) is 0 Å². The first kappa shape index (κ1) is 26.1. The highest BCUT2D eigenvalue weighted by atomic mass is 16.3. The number of aromatic nitrogens is 1.